The van der Waals surface area contributed by atoms with Crippen LogP contribution in [0.15, 0.2) is 146 Å². The van der Waals surface area contributed by atoms with E-state index >= 15 is 0 Å². The van der Waals surface area contributed by atoms with Gasteiger partial charge in [0.1, 0.15) is 5.82 Å². The van der Waals surface area contributed by atoms with Crippen LogP contribution in [0.4, 0.5) is 21.5 Å². The molecule has 2 aromatic heterocycles. The highest BCUT2D eigenvalue weighted by atomic mass is 19.1. The third kappa shape index (κ3) is 4.05. The Hall–Kier alpha value is -6.07. The van der Waals surface area contributed by atoms with Crippen molar-refractivity contribution >= 4 is 71.4 Å². The highest BCUT2D eigenvalue weighted by Gasteiger charge is 2.16. The number of anilines is 3. The molecule has 7 aromatic carbocycles. The molecule has 2 heterocycles. The van der Waals surface area contributed by atoms with Gasteiger partial charge in [0, 0.05) is 50.0 Å². The summed E-state index contributed by atoms with van der Waals surface area (Å²) in [5.74, 6) is -0.244. The molecule has 0 fully saturated rings. The zero-order chi connectivity index (χ0) is 30.1. The van der Waals surface area contributed by atoms with Crippen LogP contribution >= 0.6 is 0 Å². The predicted octanol–water partition coefficient (Wildman–Crippen LogP) is 10.5. The number of nitrogens with one attached hydrogen (secondary N) is 1. The Bertz CT molecular complexity index is 2590. The maximum absolute atomic E-state index is 13.8. The van der Waals surface area contributed by atoms with Gasteiger partial charge in [0.05, 0.1) is 22.1 Å². The lowest BCUT2D eigenvalue weighted by atomic mass is 10.1. The second kappa shape index (κ2) is 9.73. The molecule has 0 aliphatic carbocycles. The molecule has 0 amide bonds. The van der Waals surface area contributed by atoms with Gasteiger partial charge in [0.2, 0.25) is 0 Å². The van der Waals surface area contributed by atoms with E-state index < -0.39 is 0 Å². The highest BCUT2D eigenvalue weighted by Crippen LogP contribution is 2.38. The van der Waals surface area contributed by atoms with Gasteiger partial charge in [0.25, 0.3) is 0 Å². The van der Waals surface area contributed by atoms with Crippen molar-refractivity contribution < 1.29 is 4.39 Å². The van der Waals surface area contributed by atoms with Crippen LogP contribution in [0.2, 0.25) is 0 Å². The van der Waals surface area contributed by atoms with E-state index in [1.807, 2.05) is 24.3 Å². The van der Waals surface area contributed by atoms with E-state index in [1.165, 1.54) is 22.9 Å². The number of hydrogen-bond acceptors (Lipinski definition) is 2. The summed E-state index contributed by atoms with van der Waals surface area (Å²) in [7, 11) is 0. The molecule has 0 spiro atoms. The van der Waals surface area contributed by atoms with Crippen LogP contribution in [0.1, 0.15) is 0 Å². The minimum Gasteiger partial charge on any atom is -0.399 e. The lowest BCUT2D eigenvalue weighted by Crippen LogP contribution is -1.96. The van der Waals surface area contributed by atoms with Crippen molar-refractivity contribution in [2.45, 2.75) is 0 Å². The van der Waals surface area contributed by atoms with Crippen LogP contribution < -0.4 is 11.1 Å². The van der Waals surface area contributed by atoms with Crippen molar-refractivity contribution in [2.75, 3.05) is 11.1 Å². The van der Waals surface area contributed by atoms with Gasteiger partial charge in [-0.25, -0.2) is 4.39 Å². The maximum Gasteiger partial charge on any atom is 0.123 e. The number of nitrogen functional groups attached to an aromatic ring is 1. The Morgan fingerprint density at radius 3 is 1.93 bits per heavy atom. The monoisotopic (exact) mass is 582 g/mol. The number of benzene rings is 7. The van der Waals surface area contributed by atoms with Gasteiger partial charge in [-0.15, -0.1) is 0 Å². The van der Waals surface area contributed by atoms with Crippen molar-refractivity contribution in [2.24, 2.45) is 0 Å². The summed E-state index contributed by atoms with van der Waals surface area (Å²) in [6.07, 6.45) is 0. The third-order valence-corrected chi connectivity index (χ3v) is 8.83. The number of aromatic nitrogens is 2. The Kier molecular flexibility index (Phi) is 5.50. The minimum atomic E-state index is -0.244. The molecule has 4 nitrogen and oxygen atoms in total. The SMILES string of the molecule is Nc1ccc2c(c1)c1ccc(Nc3ccc4c(c3)c3ccccc3n4-c3ccc(F)cc3)cc1n2-c1ccc2ccccc2c1. The highest BCUT2D eigenvalue weighted by molar-refractivity contribution is 6.12. The van der Waals surface area contributed by atoms with Crippen molar-refractivity contribution in [3.8, 4) is 11.4 Å². The van der Waals surface area contributed by atoms with E-state index in [1.54, 1.807) is 0 Å². The average Bonchev–Trinajstić information content (AvgIpc) is 3.57. The van der Waals surface area contributed by atoms with Crippen LogP contribution in [0.5, 0.6) is 0 Å². The topological polar surface area (TPSA) is 47.9 Å². The largest absolute Gasteiger partial charge is 0.399 e. The smallest absolute Gasteiger partial charge is 0.123 e. The molecule has 0 atom stereocenters. The van der Waals surface area contributed by atoms with Crippen molar-refractivity contribution in [1.29, 1.82) is 0 Å². The molecule has 3 N–H and O–H groups in total. The van der Waals surface area contributed by atoms with E-state index in [0.717, 1.165) is 72.0 Å². The van der Waals surface area contributed by atoms with Crippen LogP contribution in [-0.2, 0) is 0 Å². The molecule has 9 rings (SSSR count). The molecule has 0 aliphatic heterocycles. The Labute approximate surface area is 258 Å². The summed E-state index contributed by atoms with van der Waals surface area (Å²) in [6.45, 7) is 0. The van der Waals surface area contributed by atoms with Gasteiger partial charge < -0.3 is 20.2 Å². The number of fused-ring (bicyclic) bond motifs is 7. The second-order valence-corrected chi connectivity index (χ2v) is 11.6. The summed E-state index contributed by atoms with van der Waals surface area (Å²) < 4.78 is 18.3. The van der Waals surface area contributed by atoms with Crippen LogP contribution in [0, 0.1) is 5.82 Å². The third-order valence-electron chi connectivity index (χ3n) is 8.83. The van der Waals surface area contributed by atoms with Crippen LogP contribution in [0.25, 0.3) is 65.8 Å². The first-order valence-corrected chi connectivity index (χ1v) is 15.0. The molecule has 0 bridgehead atoms. The van der Waals surface area contributed by atoms with Crippen LogP contribution in [0.3, 0.4) is 0 Å². The zero-order valence-corrected chi connectivity index (χ0v) is 24.2. The fourth-order valence-corrected chi connectivity index (χ4v) is 6.80. The quantitative estimate of drug-likeness (QED) is 0.203. The first-order valence-electron chi connectivity index (χ1n) is 15.0. The summed E-state index contributed by atoms with van der Waals surface area (Å²) in [5, 5.41) is 10.6. The molecule has 0 unspecified atom stereocenters. The van der Waals surface area contributed by atoms with Gasteiger partial charge in [0.15, 0.2) is 0 Å². The van der Waals surface area contributed by atoms with Crippen molar-refractivity contribution in [3.05, 3.63) is 151 Å². The first-order chi connectivity index (χ1) is 22.1. The minimum absolute atomic E-state index is 0.244. The standard InChI is InChI=1S/C40H27FN4/c41-27-10-16-31(17-11-27)44-37-8-4-3-7-33(37)36-23-29(14-20-39(36)44)43-30-13-18-34-35-22-28(42)12-19-38(35)45(40(34)24-30)32-15-9-25-5-1-2-6-26(25)21-32/h1-24,43H,42H2. The Morgan fingerprint density at radius 2 is 1.07 bits per heavy atom. The maximum atomic E-state index is 13.8. The summed E-state index contributed by atoms with van der Waals surface area (Å²) in [4.78, 5) is 0. The number of rotatable bonds is 4. The van der Waals surface area contributed by atoms with Gasteiger partial charge >= 0.3 is 0 Å². The van der Waals surface area contributed by atoms with Gasteiger partial charge in [-0.2, -0.15) is 0 Å². The van der Waals surface area contributed by atoms with Crippen molar-refractivity contribution in [3.63, 3.8) is 0 Å². The van der Waals surface area contributed by atoms with E-state index in [0.29, 0.717) is 0 Å². The number of halogens is 1. The van der Waals surface area contributed by atoms with E-state index in [4.69, 9.17) is 5.73 Å². The molecule has 5 heteroatoms. The zero-order valence-electron chi connectivity index (χ0n) is 24.2. The molecular formula is C40H27FN4. The van der Waals surface area contributed by atoms with Crippen molar-refractivity contribution in [1.82, 2.24) is 9.13 Å². The van der Waals surface area contributed by atoms with Gasteiger partial charge in [-0.3, -0.25) is 0 Å². The summed E-state index contributed by atoms with van der Waals surface area (Å²) in [6, 6.07) is 49.2. The fourth-order valence-electron chi connectivity index (χ4n) is 6.80. The number of para-hydroxylation sites is 1. The molecule has 0 saturated carbocycles. The number of nitrogens with two attached hydrogens (primary N) is 1. The van der Waals surface area contributed by atoms with Gasteiger partial charge in [-0.1, -0.05) is 54.6 Å². The second-order valence-electron chi connectivity index (χ2n) is 11.6. The van der Waals surface area contributed by atoms with E-state index in [-0.39, 0.29) is 5.82 Å². The molecular weight excluding hydrogens is 555 g/mol. The van der Waals surface area contributed by atoms with Gasteiger partial charge in [-0.05, 0) is 102 Å². The Balaban J connectivity index is 1.19. The average molecular weight is 583 g/mol. The van der Waals surface area contributed by atoms with E-state index in [9.17, 15) is 4.39 Å². The summed E-state index contributed by atoms with van der Waals surface area (Å²) >= 11 is 0. The molecule has 9 aromatic rings. The molecule has 45 heavy (non-hydrogen) atoms. The number of hydrogen-bond donors (Lipinski definition) is 2. The van der Waals surface area contributed by atoms with E-state index in [2.05, 4.69) is 124 Å². The molecule has 0 saturated heterocycles. The molecule has 0 aliphatic rings. The lowest BCUT2D eigenvalue weighted by Gasteiger charge is -2.12. The molecule has 214 valence electrons. The predicted molar refractivity (Wildman–Crippen MR) is 187 cm³/mol. The number of nitrogens with zero attached hydrogens (tertiary/aromatic N) is 2. The van der Waals surface area contributed by atoms with Crippen LogP contribution in [-0.4, -0.2) is 9.13 Å². The fraction of sp³-hybridized carbons (Fsp3) is 0. The lowest BCUT2D eigenvalue weighted by molar-refractivity contribution is 0.627. The summed E-state index contributed by atoms with van der Waals surface area (Å²) in [5.41, 5.74) is 15.4. The first kappa shape index (κ1) is 25.4. The Morgan fingerprint density at radius 1 is 0.444 bits per heavy atom. The molecule has 0 radical (unpaired) electrons. The normalized spacial score (nSPS) is 11.8.